The smallest absolute Gasteiger partial charge is 0.223 e. The van der Waals surface area contributed by atoms with Gasteiger partial charge in [-0.2, -0.15) is 0 Å². The molecule has 0 saturated carbocycles. The first-order valence-corrected chi connectivity index (χ1v) is 10.3. The van der Waals surface area contributed by atoms with E-state index in [1.54, 1.807) is 0 Å². The van der Waals surface area contributed by atoms with Crippen LogP contribution in [0.15, 0.2) is 42.5 Å². The molecular formula is C24H32N2O2. The quantitative estimate of drug-likeness (QED) is 0.738. The van der Waals surface area contributed by atoms with Gasteiger partial charge in [0.15, 0.2) is 0 Å². The fraction of sp³-hybridized carbons (Fsp3) is 0.458. The number of carbonyl (C=O) groups is 1. The van der Waals surface area contributed by atoms with Crippen molar-refractivity contribution >= 4 is 5.91 Å². The van der Waals surface area contributed by atoms with Gasteiger partial charge in [0.25, 0.3) is 0 Å². The molecule has 1 aliphatic heterocycles. The zero-order chi connectivity index (χ0) is 19.9. The van der Waals surface area contributed by atoms with Crippen LogP contribution in [0.25, 0.3) is 0 Å². The lowest BCUT2D eigenvalue weighted by atomic mass is 9.95. The molecule has 2 aromatic carbocycles. The zero-order valence-electron chi connectivity index (χ0n) is 17.3. The number of hydrogen-bond donors (Lipinski definition) is 1. The van der Waals surface area contributed by atoms with E-state index in [4.69, 9.17) is 4.74 Å². The maximum absolute atomic E-state index is 12.5. The second-order valence-corrected chi connectivity index (χ2v) is 7.89. The largest absolute Gasteiger partial charge is 0.491 e. The van der Waals surface area contributed by atoms with Crippen LogP contribution in [0.4, 0.5) is 0 Å². The third kappa shape index (κ3) is 5.59. The summed E-state index contributed by atoms with van der Waals surface area (Å²) in [5.41, 5.74) is 5.03. The fourth-order valence-electron chi connectivity index (χ4n) is 3.72. The van der Waals surface area contributed by atoms with Gasteiger partial charge in [-0.25, -0.2) is 0 Å². The van der Waals surface area contributed by atoms with Gasteiger partial charge in [-0.3, -0.25) is 9.69 Å². The summed E-state index contributed by atoms with van der Waals surface area (Å²) in [7, 11) is 0. The summed E-state index contributed by atoms with van der Waals surface area (Å²) in [6.45, 7) is 10.2. The minimum absolute atomic E-state index is 0.119. The van der Waals surface area contributed by atoms with Crippen molar-refractivity contribution < 1.29 is 9.53 Å². The summed E-state index contributed by atoms with van der Waals surface area (Å²) in [5.74, 6) is 1.19. The number of amides is 1. The Balaban J connectivity index is 1.37. The summed E-state index contributed by atoms with van der Waals surface area (Å²) in [5, 5.41) is 3.05. The van der Waals surface area contributed by atoms with Crippen LogP contribution >= 0.6 is 0 Å². The number of nitrogens with one attached hydrogen (secondary N) is 1. The molecule has 0 unspecified atom stereocenters. The summed E-state index contributed by atoms with van der Waals surface area (Å²) >= 11 is 0. The molecule has 0 aliphatic carbocycles. The second kappa shape index (κ2) is 9.74. The number of hydrogen-bond acceptors (Lipinski definition) is 3. The molecule has 1 saturated heterocycles. The first-order chi connectivity index (χ1) is 13.5. The molecule has 0 radical (unpaired) electrons. The molecule has 0 atom stereocenters. The molecule has 0 aromatic heterocycles. The van der Waals surface area contributed by atoms with E-state index in [-0.39, 0.29) is 11.8 Å². The van der Waals surface area contributed by atoms with E-state index >= 15 is 0 Å². The summed E-state index contributed by atoms with van der Waals surface area (Å²) in [4.78, 5) is 14.9. The topological polar surface area (TPSA) is 41.6 Å². The number of benzene rings is 2. The van der Waals surface area contributed by atoms with E-state index in [0.717, 1.165) is 43.8 Å². The van der Waals surface area contributed by atoms with Crippen molar-refractivity contribution in [2.45, 2.75) is 40.2 Å². The zero-order valence-corrected chi connectivity index (χ0v) is 17.3. The van der Waals surface area contributed by atoms with Crippen LogP contribution in [0, 0.1) is 26.7 Å². The Bertz CT molecular complexity index is 795. The van der Waals surface area contributed by atoms with Crippen molar-refractivity contribution in [1.82, 2.24) is 10.2 Å². The van der Waals surface area contributed by atoms with Gasteiger partial charge in [0, 0.05) is 12.5 Å². The molecule has 4 nitrogen and oxygen atoms in total. The Morgan fingerprint density at radius 3 is 2.57 bits per heavy atom. The maximum atomic E-state index is 12.5. The van der Waals surface area contributed by atoms with E-state index in [2.05, 4.69) is 60.5 Å². The van der Waals surface area contributed by atoms with E-state index in [1.807, 2.05) is 13.0 Å². The average Bonchev–Trinajstić information content (AvgIpc) is 2.70. The highest BCUT2D eigenvalue weighted by Crippen LogP contribution is 2.21. The molecule has 1 fully saturated rings. The molecule has 28 heavy (non-hydrogen) atoms. The summed E-state index contributed by atoms with van der Waals surface area (Å²) in [6, 6.07) is 14.7. The maximum Gasteiger partial charge on any atom is 0.223 e. The van der Waals surface area contributed by atoms with Crippen LogP contribution in [0.5, 0.6) is 5.75 Å². The Hall–Kier alpha value is -2.33. The van der Waals surface area contributed by atoms with Crippen LogP contribution in [0.2, 0.25) is 0 Å². The lowest BCUT2D eigenvalue weighted by Crippen LogP contribution is -2.41. The highest BCUT2D eigenvalue weighted by atomic mass is 16.5. The van der Waals surface area contributed by atoms with Gasteiger partial charge in [-0.15, -0.1) is 0 Å². The third-order valence-electron chi connectivity index (χ3n) is 5.62. The number of ether oxygens (including phenoxy) is 1. The van der Waals surface area contributed by atoms with E-state index < -0.39 is 0 Å². The summed E-state index contributed by atoms with van der Waals surface area (Å²) in [6.07, 6.45) is 1.85. The monoisotopic (exact) mass is 380 g/mol. The minimum Gasteiger partial charge on any atom is -0.491 e. The highest BCUT2D eigenvalue weighted by molar-refractivity contribution is 5.78. The molecule has 150 valence electrons. The van der Waals surface area contributed by atoms with Crippen molar-refractivity contribution in [3.05, 3.63) is 64.7 Å². The van der Waals surface area contributed by atoms with Gasteiger partial charge < -0.3 is 10.1 Å². The first kappa shape index (κ1) is 20.4. The molecule has 0 bridgehead atoms. The van der Waals surface area contributed by atoms with Crippen molar-refractivity contribution in [1.29, 1.82) is 0 Å². The van der Waals surface area contributed by atoms with Gasteiger partial charge in [0.05, 0.1) is 6.54 Å². The molecular weight excluding hydrogens is 348 g/mol. The van der Waals surface area contributed by atoms with E-state index in [1.165, 1.54) is 16.7 Å². The Kier molecular flexibility index (Phi) is 7.10. The molecule has 1 heterocycles. The van der Waals surface area contributed by atoms with Crippen molar-refractivity contribution in [3.8, 4) is 5.75 Å². The van der Waals surface area contributed by atoms with Crippen molar-refractivity contribution in [2.75, 3.05) is 26.2 Å². The Labute approximate surface area is 168 Å². The van der Waals surface area contributed by atoms with Crippen molar-refractivity contribution in [2.24, 2.45) is 5.92 Å². The SMILES string of the molecule is Cc1ccc(C)c(OCCNC(=O)C2CCN(Cc3ccccc3C)CC2)c1. The lowest BCUT2D eigenvalue weighted by Gasteiger charge is -2.31. The van der Waals surface area contributed by atoms with Crippen LogP contribution in [0.3, 0.4) is 0 Å². The van der Waals surface area contributed by atoms with Gasteiger partial charge in [-0.05, 0) is 75.0 Å². The Morgan fingerprint density at radius 1 is 1.07 bits per heavy atom. The Morgan fingerprint density at radius 2 is 1.82 bits per heavy atom. The second-order valence-electron chi connectivity index (χ2n) is 7.89. The number of aryl methyl sites for hydroxylation is 3. The van der Waals surface area contributed by atoms with Gasteiger partial charge in [0.2, 0.25) is 5.91 Å². The molecule has 1 N–H and O–H groups in total. The highest BCUT2D eigenvalue weighted by Gasteiger charge is 2.24. The average molecular weight is 381 g/mol. The number of rotatable bonds is 7. The molecule has 0 spiro atoms. The molecule has 1 aliphatic rings. The van der Waals surface area contributed by atoms with Gasteiger partial charge in [0.1, 0.15) is 12.4 Å². The predicted molar refractivity (Wildman–Crippen MR) is 114 cm³/mol. The van der Waals surface area contributed by atoms with E-state index in [0.29, 0.717) is 13.2 Å². The van der Waals surface area contributed by atoms with Gasteiger partial charge in [-0.1, -0.05) is 36.4 Å². The normalized spacial score (nSPS) is 15.4. The third-order valence-corrected chi connectivity index (χ3v) is 5.62. The number of piperidine rings is 1. The van der Waals surface area contributed by atoms with Crippen LogP contribution < -0.4 is 10.1 Å². The number of likely N-dealkylation sites (tertiary alicyclic amines) is 1. The first-order valence-electron chi connectivity index (χ1n) is 10.3. The summed E-state index contributed by atoms with van der Waals surface area (Å²) < 4.78 is 5.83. The fourth-order valence-corrected chi connectivity index (χ4v) is 3.72. The lowest BCUT2D eigenvalue weighted by molar-refractivity contribution is -0.126. The number of nitrogens with zero attached hydrogens (tertiary/aromatic N) is 1. The van der Waals surface area contributed by atoms with Crippen LogP contribution in [-0.2, 0) is 11.3 Å². The molecule has 3 rings (SSSR count). The molecule has 2 aromatic rings. The minimum atomic E-state index is 0.119. The van der Waals surface area contributed by atoms with Gasteiger partial charge >= 0.3 is 0 Å². The predicted octanol–water partition coefficient (Wildman–Crippen LogP) is 4.02. The molecule has 4 heteroatoms. The van der Waals surface area contributed by atoms with Crippen LogP contribution in [-0.4, -0.2) is 37.0 Å². The van der Waals surface area contributed by atoms with Crippen molar-refractivity contribution in [3.63, 3.8) is 0 Å². The van der Waals surface area contributed by atoms with Crippen LogP contribution in [0.1, 0.15) is 35.1 Å². The van der Waals surface area contributed by atoms with E-state index in [9.17, 15) is 4.79 Å². The molecule has 1 amide bonds. The number of carbonyl (C=O) groups excluding carboxylic acids is 1. The standard InChI is InChI=1S/C24H32N2O2/c1-18-8-9-20(3)23(16-18)28-15-12-25-24(27)21-10-13-26(14-11-21)17-22-7-5-4-6-19(22)2/h4-9,16,21H,10-15,17H2,1-3H3,(H,25,27).